The summed E-state index contributed by atoms with van der Waals surface area (Å²) in [6, 6.07) is 8.14. The van der Waals surface area contributed by atoms with Crippen LogP contribution >= 0.6 is 0 Å². The van der Waals surface area contributed by atoms with E-state index in [1.807, 2.05) is 24.3 Å². The lowest BCUT2D eigenvalue weighted by atomic mass is 10.2. The predicted octanol–water partition coefficient (Wildman–Crippen LogP) is 0.605. The molecular weight excluding hydrogens is 254 g/mol. The minimum Gasteiger partial charge on any atom is -0.496 e. The Morgan fingerprint density at radius 3 is 3.05 bits per heavy atom. The second-order valence-electron chi connectivity index (χ2n) is 5.11. The van der Waals surface area contributed by atoms with Crippen molar-refractivity contribution in [3.8, 4) is 5.75 Å². The fourth-order valence-corrected chi connectivity index (χ4v) is 2.40. The van der Waals surface area contributed by atoms with Gasteiger partial charge in [0.1, 0.15) is 5.75 Å². The van der Waals surface area contributed by atoms with Crippen molar-refractivity contribution in [2.75, 3.05) is 33.3 Å². The van der Waals surface area contributed by atoms with Crippen molar-refractivity contribution >= 4 is 5.91 Å². The summed E-state index contributed by atoms with van der Waals surface area (Å²) >= 11 is 0. The molecule has 5 heteroatoms. The zero-order chi connectivity index (χ0) is 14.4. The Balaban J connectivity index is 1.82. The Labute approximate surface area is 120 Å². The molecule has 1 amide bonds. The van der Waals surface area contributed by atoms with Gasteiger partial charge in [-0.3, -0.25) is 9.69 Å². The van der Waals surface area contributed by atoms with Gasteiger partial charge in [0.05, 0.1) is 13.7 Å². The molecule has 2 N–H and O–H groups in total. The highest BCUT2D eigenvalue weighted by Gasteiger charge is 2.20. The van der Waals surface area contributed by atoms with E-state index in [1.54, 1.807) is 7.11 Å². The lowest BCUT2D eigenvalue weighted by molar-refractivity contribution is -0.123. The zero-order valence-corrected chi connectivity index (χ0v) is 12.2. The Morgan fingerprint density at radius 1 is 1.50 bits per heavy atom. The third-order valence-corrected chi connectivity index (χ3v) is 3.65. The fourth-order valence-electron chi connectivity index (χ4n) is 2.40. The summed E-state index contributed by atoms with van der Waals surface area (Å²) in [5, 5.41) is 6.28. The van der Waals surface area contributed by atoms with Crippen molar-refractivity contribution in [1.82, 2.24) is 15.5 Å². The minimum absolute atomic E-state index is 0.0599. The van der Waals surface area contributed by atoms with Gasteiger partial charge < -0.3 is 15.4 Å². The van der Waals surface area contributed by atoms with Crippen LogP contribution in [0.25, 0.3) is 0 Å². The van der Waals surface area contributed by atoms with E-state index in [-0.39, 0.29) is 5.91 Å². The summed E-state index contributed by atoms with van der Waals surface area (Å²) in [6.45, 7) is 5.91. The number of para-hydroxylation sites is 1. The van der Waals surface area contributed by atoms with Gasteiger partial charge in [0, 0.05) is 37.8 Å². The summed E-state index contributed by atoms with van der Waals surface area (Å²) in [4.78, 5) is 14.2. The van der Waals surface area contributed by atoms with Gasteiger partial charge in [-0.2, -0.15) is 0 Å². The summed E-state index contributed by atoms with van der Waals surface area (Å²) in [5.74, 6) is 0.869. The van der Waals surface area contributed by atoms with Crippen molar-refractivity contribution in [2.45, 2.75) is 19.5 Å². The number of amides is 1. The number of ether oxygens (including phenoxy) is 1. The van der Waals surface area contributed by atoms with E-state index in [0.717, 1.165) is 30.9 Å². The van der Waals surface area contributed by atoms with Gasteiger partial charge in [-0.25, -0.2) is 0 Å². The van der Waals surface area contributed by atoms with Crippen LogP contribution in [-0.4, -0.2) is 50.1 Å². The van der Waals surface area contributed by atoms with E-state index in [1.165, 1.54) is 0 Å². The monoisotopic (exact) mass is 277 g/mol. The number of benzene rings is 1. The van der Waals surface area contributed by atoms with Crippen LogP contribution in [0.1, 0.15) is 12.5 Å². The third-order valence-electron chi connectivity index (χ3n) is 3.65. The molecule has 1 unspecified atom stereocenters. The van der Waals surface area contributed by atoms with Crippen molar-refractivity contribution < 1.29 is 9.53 Å². The molecule has 1 aliphatic heterocycles. The Bertz CT molecular complexity index is 450. The summed E-state index contributed by atoms with van der Waals surface area (Å²) in [7, 11) is 1.64. The van der Waals surface area contributed by atoms with E-state index in [2.05, 4.69) is 22.5 Å². The van der Waals surface area contributed by atoms with Gasteiger partial charge in [0.2, 0.25) is 5.91 Å². The average molecular weight is 277 g/mol. The van der Waals surface area contributed by atoms with Gasteiger partial charge >= 0.3 is 0 Å². The number of hydrogen-bond acceptors (Lipinski definition) is 4. The first-order valence-corrected chi connectivity index (χ1v) is 7.04. The van der Waals surface area contributed by atoms with Crippen LogP contribution in [0.15, 0.2) is 24.3 Å². The lowest BCUT2D eigenvalue weighted by Gasteiger charge is -2.33. The molecule has 0 spiro atoms. The summed E-state index contributed by atoms with van der Waals surface area (Å²) < 4.78 is 5.27. The Kier molecular flexibility index (Phi) is 5.38. The van der Waals surface area contributed by atoms with Gasteiger partial charge in [0.15, 0.2) is 0 Å². The summed E-state index contributed by atoms with van der Waals surface area (Å²) in [6.07, 6.45) is 0. The molecule has 5 nitrogen and oxygen atoms in total. The highest BCUT2D eigenvalue weighted by molar-refractivity contribution is 5.78. The van der Waals surface area contributed by atoms with E-state index in [0.29, 0.717) is 19.1 Å². The highest BCUT2D eigenvalue weighted by Crippen LogP contribution is 2.16. The quantitative estimate of drug-likeness (QED) is 0.828. The molecular formula is C15H23N3O2. The van der Waals surface area contributed by atoms with Crippen LogP contribution < -0.4 is 15.4 Å². The number of carbonyl (C=O) groups excluding carboxylic acids is 1. The molecule has 1 fully saturated rings. The van der Waals surface area contributed by atoms with Crippen molar-refractivity contribution in [1.29, 1.82) is 0 Å². The van der Waals surface area contributed by atoms with Crippen LogP contribution in [0.5, 0.6) is 5.75 Å². The van der Waals surface area contributed by atoms with Crippen LogP contribution in [0.3, 0.4) is 0 Å². The van der Waals surface area contributed by atoms with Crippen molar-refractivity contribution in [3.05, 3.63) is 29.8 Å². The van der Waals surface area contributed by atoms with E-state index in [4.69, 9.17) is 4.74 Å². The standard InChI is InChI=1S/C15H23N3O2/c1-12-9-16-7-8-18(12)11-15(19)17-10-13-5-3-4-6-14(13)20-2/h3-6,12,16H,7-11H2,1-2H3,(H,17,19). The summed E-state index contributed by atoms with van der Waals surface area (Å²) in [5.41, 5.74) is 0.997. The van der Waals surface area contributed by atoms with Gasteiger partial charge in [0.25, 0.3) is 0 Å². The SMILES string of the molecule is COc1ccccc1CNC(=O)CN1CCNCC1C. The topological polar surface area (TPSA) is 53.6 Å². The number of nitrogens with zero attached hydrogens (tertiary/aromatic N) is 1. The largest absolute Gasteiger partial charge is 0.496 e. The molecule has 1 heterocycles. The molecule has 0 aliphatic carbocycles. The molecule has 2 rings (SSSR count). The maximum atomic E-state index is 12.0. The van der Waals surface area contributed by atoms with E-state index < -0.39 is 0 Å². The average Bonchev–Trinajstić information content (AvgIpc) is 2.48. The third kappa shape index (κ3) is 3.95. The first-order chi connectivity index (χ1) is 9.70. The zero-order valence-electron chi connectivity index (χ0n) is 12.2. The Hall–Kier alpha value is -1.59. The van der Waals surface area contributed by atoms with E-state index in [9.17, 15) is 4.79 Å². The molecule has 0 radical (unpaired) electrons. The van der Waals surface area contributed by atoms with Crippen molar-refractivity contribution in [2.24, 2.45) is 0 Å². The predicted molar refractivity (Wildman–Crippen MR) is 78.7 cm³/mol. The number of carbonyl (C=O) groups is 1. The van der Waals surface area contributed by atoms with Crippen molar-refractivity contribution in [3.63, 3.8) is 0 Å². The molecule has 0 aromatic heterocycles. The molecule has 0 saturated carbocycles. The molecule has 1 atom stereocenters. The molecule has 1 aliphatic rings. The Morgan fingerprint density at radius 2 is 2.30 bits per heavy atom. The smallest absolute Gasteiger partial charge is 0.234 e. The number of rotatable bonds is 5. The van der Waals surface area contributed by atoms with Crippen LogP contribution in [-0.2, 0) is 11.3 Å². The minimum atomic E-state index is 0.0599. The number of nitrogens with one attached hydrogen (secondary N) is 2. The number of methoxy groups -OCH3 is 1. The molecule has 1 aromatic rings. The van der Waals surface area contributed by atoms with Gasteiger partial charge in [-0.15, -0.1) is 0 Å². The van der Waals surface area contributed by atoms with Gasteiger partial charge in [-0.05, 0) is 13.0 Å². The molecule has 1 saturated heterocycles. The highest BCUT2D eigenvalue weighted by atomic mass is 16.5. The maximum Gasteiger partial charge on any atom is 0.234 e. The lowest BCUT2D eigenvalue weighted by Crippen LogP contribution is -2.52. The van der Waals surface area contributed by atoms with E-state index >= 15 is 0 Å². The molecule has 0 bridgehead atoms. The first-order valence-electron chi connectivity index (χ1n) is 7.04. The number of hydrogen-bond donors (Lipinski definition) is 2. The molecule has 110 valence electrons. The van der Waals surface area contributed by atoms with Crippen LogP contribution in [0.2, 0.25) is 0 Å². The number of piperazine rings is 1. The normalized spacial score (nSPS) is 19.6. The molecule has 20 heavy (non-hydrogen) atoms. The fraction of sp³-hybridized carbons (Fsp3) is 0.533. The second kappa shape index (κ2) is 7.26. The second-order valence-corrected chi connectivity index (χ2v) is 5.11. The van der Waals surface area contributed by atoms with Crippen LogP contribution in [0.4, 0.5) is 0 Å². The van der Waals surface area contributed by atoms with Crippen LogP contribution in [0, 0.1) is 0 Å². The first kappa shape index (κ1) is 14.8. The van der Waals surface area contributed by atoms with Gasteiger partial charge in [-0.1, -0.05) is 18.2 Å². The maximum absolute atomic E-state index is 12.0. The molecule has 1 aromatic carbocycles.